The van der Waals surface area contributed by atoms with Gasteiger partial charge in [-0.15, -0.1) is 0 Å². The summed E-state index contributed by atoms with van der Waals surface area (Å²) in [7, 11) is -1.81. The van der Waals surface area contributed by atoms with Gasteiger partial charge in [-0.05, 0) is 42.9 Å². The van der Waals surface area contributed by atoms with Crippen molar-refractivity contribution in [2.75, 3.05) is 13.2 Å². The maximum absolute atomic E-state index is 15.3. The fourth-order valence-electron chi connectivity index (χ4n) is 5.05. The molecule has 41 heavy (non-hydrogen) atoms. The summed E-state index contributed by atoms with van der Waals surface area (Å²) in [5.41, 5.74) is 3.40. The van der Waals surface area contributed by atoms with Crippen LogP contribution in [0.1, 0.15) is 51.5 Å². The molecule has 0 aliphatic carbocycles. The molecule has 0 fully saturated rings. The molecule has 0 bridgehead atoms. The summed E-state index contributed by atoms with van der Waals surface area (Å²) in [4.78, 5) is 11.6. The molecule has 0 aromatic heterocycles. The summed E-state index contributed by atoms with van der Waals surface area (Å²) in [6.07, 6.45) is 6.14. The van der Waals surface area contributed by atoms with Crippen molar-refractivity contribution < 1.29 is 23.4 Å². The Bertz CT molecular complexity index is 1300. The van der Waals surface area contributed by atoms with Crippen molar-refractivity contribution >= 4 is 19.2 Å². The van der Waals surface area contributed by atoms with E-state index in [0.29, 0.717) is 16.7 Å². The van der Waals surface area contributed by atoms with Gasteiger partial charge in [0.1, 0.15) is 0 Å². The van der Waals surface area contributed by atoms with Gasteiger partial charge in [0.25, 0.3) is 0 Å². The highest BCUT2D eigenvalue weighted by molar-refractivity contribution is 6.89. The minimum atomic E-state index is -1.81. The Labute approximate surface area is 245 Å². The van der Waals surface area contributed by atoms with E-state index >= 15 is 8.78 Å². The minimum absolute atomic E-state index is 0.0363. The van der Waals surface area contributed by atoms with Crippen LogP contribution in [0.5, 0.6) is 0 Å². The smallest absolute Gasteiger partial charge is 0.333 e. The van der Waals surface area contributed by atoms with Crippen molar-refractivity contribution in [3.8, 4) is 22.3 Å². The lowest BCUT2D eigenvalue weighted by Crippen LogP contribution is -2.41. The number of esters is 1. The van der Waals surface area contributed by atoms with Gasteiger partial charge in [0.05, 0.1) is 14.7 Å². The molecule has 0 heterocycles. The van der Waals surface area contributed by atoms with E-state index in [9.17, 15) is 9.90 Å². The fraction of sp³-hybridized carbons (Fsp3) is 0.400. The van der Waals surface area contributed by atoms with Crippen LogP contribution in [0.2, 0.25) is 19.1 Å². The lowest BCUT2D eigenvalue weighted by molar-refractivity contribution is -0.140. The predicted octanol–water partition coefficient (Wildman–Crippen LogP) is 8.45. The number of carbonyl (C=O) groups is 1. The third-order valence-corrected chi connectivity index (χ3v) is 11.4. The van der Waals surface area contributed by atoms with Crippen molar-refractivity contribution in [3.63, 3.8) is 0 Å². The summed E-state index contributed by atoms with van der Waals surface area (Å²) >= 11 is 0. The summed E-state index contributed by atoms with van der Waals surface area (Å²) < 4.78 is 35.7. The van der Waals surface area contributed by atoms with E-state index in [1.165, 1.54) is 23.6 Å². The highest BCUT2D eigenvalue weighted by Crippen LogP contribution is 2.32. The summed E-state index contributed by atoms with van der Waals surface area (Å²) in [6, 6.07) is 19.9. The number of hydrogen-bond donors (Lipinski definition) is 1. The average molecular weight is 579 g/mol. The number of aryl methyl sites for hydroxylation is 1. The minimum Gasteiger partial charge on any atom is -0.462 e. The third kappa shape index (κ3) is 8.94. The first-order valence-electron chi connectivity index (χ1n) is 14.7. The molecular weight excluding hydrogens is 534 g/mol. The van der Waals surface area contributed by atoms with E-state index in [0.717, 1.165) is 31.7 Å². The summed E-state index contributed by atoms with van der Waals surface area (Å²) in [5.74, 6) is -2.19. The van der Waals surface area contributed by atoms with Crippen molar-refractivity contribution in [1.82, 2.24) is 0 Å². The van der Waals surface area contributed by atoms with Gasteiger partial charge < -0.3 is 9.84 Å². The first-order chi connectivity index (χ1) is 19.6. The van der Waals surface area contributed by atoms with Crippen molar-refractivity contribution in [2.45, 2.75) is 71.5 Å². The Morgan fingerprint density at radius 2 is 1.46 bits per heavy atom. The predicted molar refractivity (Wildman–Crippen MR) is 168 cm³/mol. The van der Waals surface area contributed by atoms with Gasteiger partial charge in [-0.2, -0.15) is 0 Å². The second kappa shape index (κ2) is 15.2. The zero-order valence-electron chi connectivity index (χ0n) is 24.9. The number of ether oxygens (including phenoxy) is 1. The molecule has 0 saturated heterocycles. The second-order valence-corrected chi connectivity index (χ2v) is 16.6. The molecule has 0 amide bonds. The number of aliphatic hydroxyl groups is 1. The van der Waals surface area contributed by atoms with Gasteiger partial charge in [0, 0.05) is 29.2 Å². The van der Waals surface area contributed by atoms with Crippen molar-refractivity contribution in [1.29, 1.82) is 0 Å². The molecule has 1 N–H and O–H groups in total. The van der Waals surface area contributed by atoms with Crippen LogP contribution < -0.4 is 5.19 Å². The molecule has 0 aliphatic heterocycles. The van der Waals surface area contributed by atoms with Gasteiger partial charge in [0.2, 0.25) is 0 Å². The molecule has 1 atom stereocenters. The van der Waals surface area contributed by atoms with Crippen LogP contribution in [0, 0.1) is 17.6 Å². The molecule has 220 valence electrons. The maximum Gasteiger partial charge on any atom is 0.333 e. The number of halogens is 2. The van der Waals surface area contributed by atoms with Crippen LogP contribution in [-0.2, 0) is 16.0 Å². The fourth-order valence-corrected chi connectivity index (χ4v) is 7.49. The van der Waals surface area contributed by atoms with Gasteiger partial charge >= 0.3 is 5.97 Å². The number of hydrogen-bond acceptors (Lipinski definition) is 3. The molecule has 3 aromatic carbocycles. The van der Waals surface area contributed by atoms with E-state index in [4.69, 9.17) is 4.74 Å². The van der Waals surface area contributed by atoms with E-state index < -0.39 is 25.7 Å². The Morgan fingerprint density at radius 1 is 0.902 bits per heavy atom. The molecule has 0 radical (unpaired) electrons. The molecule has 3 rings (SSSR count). The number of rotatable bonds is 15. The lowest BCUT2D eigenvalue weighted by Gasteiger charge is -2.24. The molecule has 6 heteroatoms. The standard InChI is InChI=1S/C35H44F2O3Si/c1-6-7-8-10-26-12-14-28(15-13-26)31-20-21-32(34(37)33(31)36)29-16-18-30(19-17-29)41(4,5)22-9-11-27(23-38)24-40-35(39)25(2)3/h12-21,27,38H,2,6-11,22-24H2,1,3-5H3. The number of benzene rings is 3. The zero-order valence-corrected chi connectivity index (χ0v) is 25.9. The number of aliphatic hydroxyl groups excluding tert-OH is 1. The Balaban J connectivity index is 1.65. The van der Waals surface area contributed by atoms with Crippen LogP contribution in [0.3, 0.4) is 0 Å². The number of carbonyl (C=O) groups excluding carboxylic acids is 1. The van der Waals surface area contributed by atoms with E-state index in [-0.39, 0.29) is 30.3 Å². The van der Waals surface area contributed by atoms with E-state index in [1.807, 2.05) is 48.5 Å². The molecule has 0 aliphatic rings. The first kappa shape index (κ1) is 32.4. The molecular formula is C35H44F2O3Si. The topological polar surface area (TPSA) is 46.5 Å². The molecule has 3 nitrogen and oxygen atoms in total. The van der Waals surface area contributed by atoms with Crippen molar-refractivity contribution in [2.24, 2.45) is 5.92 Å². The largest absolute Gasteiger partial charge is 0.462 e. The van der Waals surface area contributed by atoms with E-state index in [2.05, 4.69) is 26.6 Å². The van der Waals surface area contributed by atoms with E-state index in [1.54, 1.807) is 19.1 Å². The Morgan fingerprint density at radius 3 is 1.98 bits per heavy atom. The third-order valence-electron chi connectivity index (χ3n) is 7.86. The zero-order chi connectivity index (χ0) is 30.0. The first-order valence-corrected chi connectivity index (χ1v) is 17.9. The Hall–Kier alpha value is -3.09. The monoisotopic (exact) mass is 578 g/mol. The molecule has 0 spiro atoms. The molecule has 3 aromatic rings. The summed E-state index contributed by atoms with van der Waals surface area (Å²) in [6.45, 7) is 12.1. The maximum atomic E-state index is 15.3. The van der Waals surface area contributed by atoms with Crippen LogP contribution >= 0.6 is 0 Å². The average Bonchev–Trinajstić information content (AvgIpc) is 2.96. The number of unbranched alkanes of at least 4 members (excludes halogenated alkanes) is 2. The van der Waals surface area contributed by atoms with Gasteiger partial charge in [-0.1, -0.05) is 118 Å². The Kier molecular flexibility index (Phi) is 12.0. The highest BCUT2D eigenvalue weighted by Gasteiger charge is 2.24. The quantitative estimate of drug-likeness (QED) is 0.0852. The van der Waals surface area contributed by atoms with Crippen LogP contribution in [0.15, 0.2) is 72.8 Å². The molecule has 1 unspecified atom stereocenters. The highest BCUT2D eigenvalue weighted by atomic mass is 28.3. The SMILES string of the molecule is C=C(C)C(=O)OCC(CO)CCC[Si](C)(C)c1ccc(-c2ccc(-c3ccc(CCCCC)cc3)c(F)c2F)cc1. The lowest BCUT2D eigenvalue weighted by atomic mass is 9.97. The normalized spacial score (nSPS) is 12.3. The van der Waals surface area contributed by atoms with Crippen LogP contribution in [0.25, 0.3) is 22.3 Å². The van der Waals surface area contributed by atoms with Crippen LogP contribution in [0.4, 0.5) is 8.78 Å². The van der Waals surface area contributed by atoms with Crippen molar-refractivity contribution in [3.05, 3.63) is 90.0 Å². The summed E-state index contributed by atoms with van der Waals surface area (Å²) in [5, 5.41) is 10.9. The van der Waals surface area contributed by atoms with Crippen LogP contribution in [-0.4, -0.2) is 32.4 Å². The van der Waals surface area contributed by atoms with Gasteiger partial charge in [0.15, 0.2) is 11.6 Å². The molecule has 0 saturated carbocycles. The van der Waals surface area contributed by atoms with Gasteiger partial charge in [-0.3, -0.25) is 0 Å². The van der Waals surface area contributed by atoms with Gasteiger partial charge in [-0.25, -0.2) is 13.6 Å². The second-order valence-electron chi connectivity index (χ2n) is 11.7.